The summed E-state index contributed by atoms with van der Waals surface area (Å²) < 4.78 is 16.6. The van der Waals surface area contributed by atoms with Crippen LogP contribution in [0.5, 0.6) is 0 Å². The van der Waals surface area contributed by atoms with E-state index in [-0.39, 0.29) is 5.82 Å². The lowest BCUT2D eigenvalue weighted by molar-refractivity contribution is 0.629. The predicted molar refractivity (Wildman–Crippen MR) is 80.9 cm³/mol. The van der Waals surface area contributed by atoms with Crippen LogP contribution in [-0.4, -0.2) is 9.55 Å². The number of hydrogen-bond donors (Lipinski definition) is 1. The largest absolute Gasteiger partial charge is 0.330 e. The van der Waals surface area contributed by atoms with Gasteiger partial charge >= 0.3 is 0 Å². The Balaban J connectivity index is 2.36. The monoisotopic (exact) mass is 336 g/mol. The van der Waals surface area contributed by atoms with Gasteiger partial charge in [-0.05, 0) is 71.0 Å². The molecule has 0 aliphatic heterocycles. The van der Waals surface area contributed by atoms with E-state index < -0.39 is 0 Å². The normalized spacial score (nSPS) is 11.1. The molecule has 3 aromatic rings. The Morgan fingerprint density at radius 1 is 1.21 bits per heavy atom. The standard InChI is InChI=1S/C14H10BrFN2S/c1-8-2-4-12(10(15)6-8)18-13-5-3-9(16)7-11(13)17-14(18)19/h2-7H,1H3,(H,17,19). The Morgan fingerprint density at radius 2 is 2.00 bits per heavy atom. The number of aromatic nitrogens is 2. The zero-order chi connectivity index (χ0) is 13.6. The first kappa shape index (κ1) is 12.6. The number of nitrogens with one attached hydrogen (secondary N) is 1. The molecule has 19 heavy (non-hydrogen) atoms. The molecule has 2 aromatic carbocycles. The van der Waals surface area contributed by atoms with Gasteiger partial charge in [0.2, 0.25) is 0 Å². The number of nitrogens with zero attached hydrogens (tertiary/aromatic N) is 1. The van der Waals surface area contributed by atoms with Crippen molar-refractivity contribution in [2.75, 3.05) is 0 Å². The van der Waals surface area contributed by atoms with Crippen LogP contribution in [0.2, 0.25) is 0 Å². The third kappa shape index (κ3) is 2.13. The van der Waals surface area contributed by atoms with Gasteiger partial charge in [-0.3, -0.25) is 4.57 Å². The van der Waals surface area contributed by atoms with E-state index in [2.05, 4.69) is 20.9 Å². The van der Waals surface area contributed by atoms with Crippen molar-refractivity contribution in [3.8, 4) is 5.69 Å². The summed E-state index contributed by atoms with van der Waals surface area (Å²) in [6.45, 7) is 2.03. The van der Waals surface area contributed by atoms with Crippen molar-refractivity contribution in [1.29, 1.82) is 0 Å². The predicted octanol–water partition coefficient (Wildman–Crippen LogP) is 4.90. The van der Waals surface area contributed by atoms with Crippen molar-refractivity contribution in [1.82, 2.24) is 9.55 Å². The first-order valence-corrected chi connectivity index (χ1v) is 6.93. The molecule has 0 unspecified atom stereocenters. The van der Waals surface area contributed by atoms with E-state index >= 15 is 0 Å². The van der Waals surface area contributed by atoms with Crippen molar-refractivity contribution in [2.24, 2.45) is 0 Å². The molecule has 0 saturated carbocycles. The molecule has 1 heterocycles. The minimum atomic E-state index is -0.279. The van der Waals surface area contributed by atoms with Gasteiger partial charge in [0.25, 0.3) is 0 Å². The van der Waals surface area contributed by atoms with Crippen LogP contribution in [-0.2, 0) is 0 Å². The molecule has 0 aliphatic carbocycles. The number of fused-ring (bicyclic) bond motifs is 1. The van der Waals surface area contributed by atoms with E-state index in [0.717, 1.165) is 21.2 Å². The van der Waals surface area contributed by atoms with Gasteiger partial charge in [-0.1, -0.05) is 6.07 Å². The summed E-state index contributed by atoms with van der Waals surface area (Å²) in [7, 11) is 0. The zero-order valence-corrected chi connectivity index (χ0v) is 12.5. The molecular formula is C14H10BrFN2S. The lowest BCUT2D eigenvalue weighted by atomic mass is 10.2. The maximum atomic E-state index is 13.2. The van der Waals surface area contributed by atoms with E-state index in [9.17, 15) is 4.39 Å². The Bertz CT molecular complexity index is 835. The van der Waals surface area contributed by atoms with Crippen LogP contribution in [0.4, 0.5) is 4.39 Å². The zero-order valence-electron chi connectivity index (χ0n) is 10.1. The van der Waals surface area contributed by atoms with Crippen LogP contribution in [0.3, 0.4) is 0 Å². The fraction of sp³-hybridized carbons (Fsp3) is 0.0714. The number of H-pyrrole nitrogens is 1. The van der Waals surface area contributed by atoms with Gasteiger partial charge in [0, 0.05) is 4.47 Å². The minimum Gasteiger partial charge on any atom is -0.330 e. The smallest absolute Gasteiger partial charge is 0.182 e. The molecule has 96 valence electrons. The minimum absolute atomic E-state index is 0.279. The molecule has 0 fully saturated rings. The highest BCUT2D eigenvalue weighted by molar-refractivity contribution is 9.10. The highest BCUT2D eigenvalue weighted by Gasteiger charge is 2.10. The van der Waals surface area contributed by atoms with Gasteiger partial charge in [-0.25, -0.2) is 4.39 Å². The molecule has 0 spiro atoms. The molecule has 0 bridgehead atoms. The average Bonchev–Trinajstić information content (AvgIpc) is 2.65. The second kappa shape index (κ2) is 4.58. The lowest BCUT2D eigenvalue weighted by Gasteiger charge is -2.08. The molecule has 5 heteroatoms. The fourth-order valence-corrected chi connectivity index (χ4v) is 3.09. The van der Waals surface area contributed by atoms with E-state index in [1.54, 1.807) is 6.07 Å². The molecule has 0 saturated heterocycles. The van der Waals surface area contributed by atoms with Crippen LogP contribution in [0.1, 0.15) is 5.56 Å². The number of aryl methyl sites for hydroxylation is 1. The van der Waals surface area contributed by atoms with Gasteiger partial charge in [0.15, 0.2) is 4.77 Å². The number of halogens is 2. The van der Waals surface area contributed by atoms with Gasteiger partial charge in [0.1, 0.15) is 5.82 Å². The van der Waals surface area contributed by atoms with Crippen LogP contribution in [0.15, 0.2) is 40.9 Å². The molecule has 0 atom stereocenters. The molecule has 2 nitrogen and oxygen atoms in total. The van der Waals surface area contributed by atoms with Crippen molar-refractivity contribution in [2.45, 2.75) is 6.92 Å². The number of rotatable bonds is 1. The lowest BCUT2D eigenvalue weighted by Crippen LogP contribution is -1.95. The number of aromatic amines is 1. The summed E-state index contributed by atoms with van der Waals surface area (Å²) in [5.41, 5.74) is 3.65. The second-order valence-corrected chi connectivity index (χ2v) is 5.62. The van der Waals surface area contributed by atoms with Crippen LogP contribution in [0, 0.1) is 17.5 Å². The van der Waals surface area contributed by atoms with Crippen molar-refractivity contribution >= 4 is 39.2 Å². The highest BCUT2D eigenvalue weighted by atomic mass is 79.9. The maximum Gasteiger partial charge on any atom is 0.182 e. The first-order chi connectivity index (χ1) is 9.06. The van der Waals surface area contributed by atoms with E-state index in [1.807, 2.05) is 29.7 Å². The molecule has 0 amide bonds. The molecule has 1 N–H and O–H groups in total. The molecule has 1 aromatic heterocycles. The Hall–Kier alpha value is -1.46. The van der Waals surface area contributed by atoms with E-state index in [1.165, 1.54) is 12.1 Å². The Labute approximate surface area is 123 Å². The van der Waals surface area contributed by atoms with E-state index in [4.69, 9.17) is 12.2 Å². The van der Waals surface area contributed by atoms with Crippen LogP contribution >= 0.6 is 28.1 Å². The average molecular weight is 337 g/mol. The first-order valence-electron chi connectivity index (χ1n) is 5.73. The summed E-state index contributed by atoms with van der Waals surface area (Å²) >= 11 is 8.88. The van der Waals surface area contributed by atoms with Gasteiger partial charge in [0.05, 0.1) is 16.7 Å². The van der Waals surface area contributed by atoms with Crippen molar-refractivity contribution < 1.29 is 4.39 Å². The fourth-order valence-electron chi connectivity index (χ4n) is 2.12. The van der Waals surface area contributed by atoms with Crippen LogP contribution in [0.25, 0.3) is 16.7 Å². The summed E-state index contributed by atoms with van der Waals surface area (Å²) in [6, 6.07) is 10.6. The third-order valence-electron chi connectivity index (χ3n) is 2.99. The van der Waals surface area contributed by atoms with Crippen LogP contribution < -0.4 is 0 Å². The van der Waals surface area contributed by atoms with Crippen molar-refractivity contribution in [3.63, 3.8) is 0 Å². The van der Waals surface area contributed by atoms with Gasteiger partial charge in [-0.2, -0.15) is 0 Å². The summed E-state index contributed by atoms with van der Waals surface area (Å²) in [5.74, 6) is -0.279. The van der Waals surface area contributed by atoms with Gasteiger partial charge in [-0.15, -0.1) is 0 Å². The number of hydrogen-bond acceptors (Lipinski definition) is 1. The number of benzene rings is 2. The van der Waals surface area contributed by atoms with Gasteiger partial charge < -0.3 is 4.98 Å². The summed E-state index contributed by atoms with van der Waals surface area (Å²) in [5, 5.41) is 0. The SMILES string of the molecule is Cc1ccc(-n2c(=S)[nH]c3cc(F)ccc32)c(Br)c1. The highest BCUT2D eigenvalue weighted by Crippen LogP contribution is 2.27. The van der Waals surface area contributed by atoms with Crippen molar-refractivity contribution in [3.05, 3.63) is 57.0 Å². The second-order valence-electron chi connectivity index (χ2n) is 4.38. The molecular weight excluding hydrogens is 327 g/mol. The Kier molecular flexibility index (Phi) is 3.03. The molecule has 0 radical (unpaired) electrons. The number of imidazole rings is 1. The Morgan fingerprint density at radius 3 is 2.74 bits per heavy atom. The maximum absolute atomic E-state index is 13.2. The summed E-state index contributed by atoms with van der Waals surface area (Å²) in [6.07, 6.45) is 0. The third-order valence-corrected chi connectivity index (χ3v) is 3.91. The summed E-state index contributed by atoms with van der Waals surface area (Å²) in [4.78, 5) is 3.03. The molecule has 3 rings (SSSR count). The molecule has 0 aliphatic rings. The quantitative estimate of drug-likeness (QED) is 0.627. The topological polar surface area (TPSA) is 20.7 Å². The van der Waals surface area contributed by atoms with E-state index in [0.29, 0.717) is 10.3 Å².